The molecule has 0 spiro atoms. The molecule has 3 aromatic carbocycles. The average molecular weight is 461 g/mol. The summed E-state index contributed by atoms with van der Waals surface area (Å²) in [5.41, 5.74) is 2.38. The van der Waals surface area contributed by atoms with Crippen molar-refractivity contribution in [1.82, 2.24) is 4.90 Å². The molecule has 0 saturated carbocycles. The fraction of sp³-hybridized carbons (Fsp3) is 0.0800. The molecular weight excluding hydrogens is 440 g/mol. The number of amidine groups is 1. The number of methoxy groups -OCH3 is 1. The van der Waals surface area contributed by atoms with Gasteiger partial charge in [-0.25, -0.2) is 9.79 Å². The minimum atomic E-state index is -1.00. The maximum absolute atomic E-state index is 13.3. The van der Waals surface area contributed by atoms with Gasteiger partial charge >= 0.3 is 5.97 Å². The molecule has 0 unspecified atom stereocenters. The molecule has 0 radical (unpaired) electrons. The number of nitrogens with zero attached hydrogens (tertiary/aromatic N) is 2. The molecule has 0 aliphatic carbocycles. The fourth-order valence-electron chi connectivity index (χ4n) is 3.21. The number of carbonyl (C=O) groups excluding carboxylic acids is 1. The lowest BCUT2D eigenvalue weighted by Crippen LogP contribution is -2.28. The van der Waals surface area contributed by atoms with Gasteiger partial charge < -0.3 is 14.9 Å². The van der Waals surface area contributed by atoms with Crippen molar-refractivity contribution in [3.8, 4) is 11.5 Å². The van der Waals surface area contributed by atoms with Gasteiger partial charge in [0.25, 0.3) is 5.91 Å². The zero-order valence-corrected chi connectivity index (χ0v) is 18.5. The van der Waals surface area contributed by atoms with E-state index in [-0.39, 0.29) is 23.8 Å². The van der Waals surface area contributed by atoms with Gasteiger partial charge in [-0.1, -0.05) is 36.4 Å². The molecule has 1 amide bonds. The van der Waals surface area contributed by atoms with E-state index in [4.69, 9.17) is 9.84 Å². The zero-order valence-electron chi connectivity index (χ0n) is 17.6. The third-order valence-electron chi connectivity index (χ3n) is 4.91. The van der Waals surface area contributed by atoms with Gasteiger partial charge in [-0.05, 0) is 65.4 Å². The average Bonchev–Trinajstić information content (AvgIpc) is 3.10. The molecule has 1 aliphatic rings. The number of carboxylic acid groups (broad SMARTS) is 1. The van der Waals surface area contributed by atoms with Gasteiger partial charge in [0.05, 0.1) is 29.8 Å². The van der Waals surface area contributed by atoms with Crippen LogP contribution in [-0.4, -0.2) is 39.3 Å². The summed E-state index contributed by atoms with van der Waals surface area (Å²) < 4.78 is 5.16. The lowest BCUT2D eigenvalue weighted by atomic mass is 10.1. The summed E-state index contributed by atoms with van der Waals surface area (Å²) >= 11 is 1.25. The number of carbonyl (C=O) groups is 2. The predicted octanol–water partition coefficient (Wildman–Crippen LogP) is 4.90. The second-order valence-corrected chi connectivity index (χ2v) is 8.17. The van der Waals surface area contributed by atoms with Crippen LogP contribution in [0.3, 0.4) is 0 Å². The number of aliphatic imine (C=N–C) groups is 1. The van der Waals surface area contributed by atoms with E-state index in [1.54, 1.807) is 35.2 Å². The van der Waals surface area contributed by atoms with Crippen LogP contribution in [0.4, 0.5) is 5.69 Å². The number of phenolic OH excluding ortho intramolecular Hbond substituents is 1. The monoisotopic (exact) mass is 460 g/mol. The highest BCUT2D eigenvalue weighted by atomic mass is 32.2. The number of thioether (sulfide) groups is 1. The van der Waals surface area contributed by atoms with Crippen LogP contribution in [0.15, 0.2) is 82.7 Å². The van der Waals surface area contributed by atoms with E-state index in [2.05, 4.69) is 4.99 Å². The van der Waals surface area contributed by atoms with E-state index in [1.807, 2.05) is 30.3 Å². The van der Waals surface area contributed by atoms with Crippen molar-refractivity contribution in [2.24, 2.45) is 4.99 Å². The van der Waals surface area contributed by atoms with Crippen molar-refractivity contribution in [2.45, 2.75) is 6.54 Å². The number of ether oxygens (including phenoxy) is 1. The maximum Gasteiger partial charge on any atom is 0.335 e. The Kier molecular flexibility index (Phi) is 6.46. The van der Waals surface area contributed by atoms with Crippen LogP contribution >= 0.6 is 11.8 Å². The smallest absolute Gasteiger partial charge is 0.335 e. The van der Waals surface area contributed by atoms with E-state index < -0.39 is 5.97 Å². The zero-order chi connectivity index (χ0) is 23.4. The first-order chi connectivity index (χ1) is 15.9. The van der Waals surface area contributed by atoms with Crippen LogP contribution in [0.1, 0.15) is 21.5 Å². The van der Waals surface area contributed by atoms with E-state index in [0.717, 1.165) is 5.56 Å². The highest BCUT2D eigenvalue weighted by molar-refractivity contribution is 8.18. The molecule has 0 atom stereocenters. The van der Waals surface area contributed by atoms with Crippen LogP contribution in [0.5, 0.6) is 11.5 Å². The van der Waals surface area contributed by atoms with E-state index in [1.165, 1.54) is 37.1 Å². The number of hydrogen-bond donors (Lipinski definition) is 2. The number of rotatable bonds is 6. The predicted molar refractivity (Wildman–Crippen MR) is 128 cm³/mol. The lowest BCUT2D eigenvalue weighted by Gasteiger charge is -2.16. The van der Waals surface area contributed by atoms with Gasteiger partial charge in [0.2, 0.25) is 0 Å². The Bertz CT molecular complexity index is 1250. The van der Waals surface area contributed by atoms with Gasteiger partial charge in [0.1, 0.15) is 0 Å². The Balaban J connectivity index is 1.68. The second-order valence-electron chi connectivity index (χ2n) is 7.17. The number of para-hydroxylation sites is 1. The number of hydrogen-bond acceptors (Lipinski definition) is 6. The summed E-state index contributed by atoms with van der Waals surface area (Å²) in [4.78, 5) is 31.1. The Morgan fingerprint density at radius 3 is 2.48 bits per heavy atom. The van der Waals surface area contributed by atoms with Crippen molar-refractivity contribution in [2.75, 3.05) is 7.11 Å². The highest BCUT2D eigenvalue weighted by Gasteiger charge is 2.33. The summed E-state index contributed by atoms with van der Waals surface area (Å²) in [7, 11) is 1.46. The van der Waals surface area contributed by atoms with E-state index in [0.29, 0.717) is 27.1 Å². The Morgan fingerprint density at radius 1 is 1.09 bits per heavy atom. The molecule has 8 heteroatoms. The highest BCUT2D eigenvalue weighted by Crippen LogP contribution is 2.36. The molecule has 1 fully saturated rings. The Morgan fingerprint density at radius 2 is 1.82 bits per heavy atom. The van der Waals surface area contributed by atoms with Crippen molar-refractivity contribution in [3.05, 3.63) is 94.4 Å². The van der Waals surface area contributed by atoms with Gasteiger partial charge in [-0.3, -0.25) is 9.69 Å². The summed E-state index contributed by atoms with van der Waals surface area (Å²) in [5.74, 6) is -0.893. The van der Waals surface area contributed by atoms with Gasteiger partial charge in [0, 0.05) is 0 Å². The van der Waals surface area contributed by atoms with Gasteiger partial charge in [-0.15, -0.1) is 0 Å². The largest absolute Gasteiger partial charge is 0.504 e. The van der Waals surface area contributed by atoms with Gasteiger partial charge in [-0.2, -0.15) is 0 Å². The topological polar surface area (TPSA) is 99.4 Å². The SMILES string of the molecule is COc1cc(/C=C2\SC(=Nc3ccccc3)N(Cc3ccc(C(=O)O)cc3)C2=O)ccc1O. The number of aromatic carboxylic acids is 1. The third kappa shape index (κ3) is 5.07. The molecule has 3 aromatic rings. The summed E-state index contributed by atoms with van der Waals surface area (Å²) in [5, 5.41) is 19.5. The van der Waals surface area contributed by atoms with Crippen molar-refractivity contribution in [3.63, 3.8) is 0 Å². The molecule has 0 aromatic heterocycles. The number of aromatic hydroxyl groups is 1. The summed E-state index contributed by atoms with van der Waals surface area (Å²) in [6.07, 6.45) is 1.73. The molecular formula is C25H20N2O5S. The summed E-state index contributed by atoms with van der Waals surface area (Å²) in [6, 6.07) is 20.6. The molecule has 2 N–H and O–H groups in total. The van der Waals surface area contributed by atoms with Gasteiger partial charge in [0.15, 0.2) is 16.7 Å². The van der Waals surface area contributed by atoms with Crippen molar-refractivity contribution in [1.29, 1.82) is 0 Å². The lowest BCUT2D eigenvalue weighted by molar-refractivity contribution is -0.122. The minimum absolute atomic E-state index is 0.0165. The molecule has 33 heavy (non-hydrogen) atoms. The quantitative estimate of drug-likeness (QED) is 0.508. The molecule has 0 bridgehead atoms. The standard InChI is InChI=1S/C25H20N2O5S/c1-32-21-13-17(9-12-20(21)28)14-22-23(29)27(15-16-7-10-18(11-8-16)24(30)31)25(33-22)26-19-5-3-2-4-6-19/h2-14,28H,15H2,1H3,(H,30,31)/b22-14-,26-25?. The molecule has 1 heterocycles. The first-order valence-corrected chi connectivity index (χ1v) is 10.8. The Hall–Kier alpha value is -4.04. The second kappa shape index (κ2) is 9.62. The van der Waals surface area contributed by atoms with E-state index in [9.17, 15) is 14.7 Å². The maximum atomic E-state index is 13.3. The molecule has 1 saturated heterocycles. The minimum Gasteiger partial charge on any atom is -0.504 e. The van der Waals surface area contributed by atoms with Crippen LogP contribution in [0.25, 0.3) is 6.08 Å². The van der Waals surface area contributed by atoms with E-state index >= 15 is 0 Å². The molecule has 7 nitrogen and oxygen atoms in total. The number of phenols is 1. The number of benzene rings is 3. The Labute approximate surface area is 194 Å². The number of carboxylic acids is 1. The summed E-state index contributed by atoms with van der Waals surface area (Å²) in [6.45, 7) is 0.244. The first kappa shape index (κ1) is 22.2. The molecule has 4 rings (SSSR count). The third-order valence-corrected chi connectivity index (χ3v) is 5.92. The normalized spacial score (nSPS) is 15.9. The van der Waals surface area contributed by atoms with Crippen LogP contribution in [0.2, 0.25) is 0 Å². The molecule has 1 aliphatic heterocycles. The van der Waals surface area contributed by atoms with Crippen LogP contribution in [-0.2, 0) is 11.3 Å². The van der Waals surface area contributed by atoms with Crippen molar-refractivity contribution >= 4 is 40.6 Å². The van der Waals surface area contributed by atoms with Crippen LogP contribution < -0.4 is 4.74 Å². The fourth-order valence-corrected chi connectivity index (χ4v) is 4.21. The number of amides is 1. The van der Waals surface area contributed by atoms with Crippen LogP contribution in [0, 0.1) is 0 Å². The molecule has 166 valence electrons. The first-order valence-electron chi connectivity index (χ1n) is 9.99. The van der Waals surface area contributed by atoms with Crippen molar-refractivity contribution < 1.29 is 24.5 Å².